The number of rotatable bonds is 5. The third-order valence-corrected chi connectivity index (χ3v) is 7.45. The number of benzene rings is 3. The van der Waals surface area contributed by atoms with Crippen LogP contribution >= 0.6 is 23.2 Å². The van der Waals surface area contributed by atoms with Crippen LogP contribution in [-0.4, -0.2) is 23.7 Å². The van der Waals surface area contributed by atoms with Gasteiger partial charge in [-0.05, 0) is 89.6 Å². The first-order valence-corrected chi connectivity index (χ1v) is 13.1. The lowest BCUT2D eigenvalue weighted by molar-refractivity contribution is -0.128. The van der Waals surface area contributed by atoms with E-state index in [4.69, 9.17) is 33.0 Å². The minimum Gasteiger partial charge on any atom is -0.497 e. The van der Waals surface area contributed by atoms with Crippen molar-refractivity contribution in [1.29, 1.82) is 0 Å². The Labute approximate surface area is 227 Å². The van der Waals surface area contributed by atoms with Gasteiger partial charge in [-0.2, -0.15) is 5.10 Å². The number of nitrogens with zero attached hydrogens (tertiary/aromatic N) is 2. The predicted molar refractivity (Wildman–Crippen MR) is 152 cm³/mol. The van der Waals surface area contributed by atoms with E-state index in [2.05, 4.69) is 13.0 Å². The third kappa shape index (κ3) is 5.66. The second-order valence-electron chi connectivity index (χ2n) is 9.64. The Bertz CT molecular complexity index is 1360. The van der Waals surface area contributed by atoms with Crippen LogP contribution in [0.3, 0.4) is 0 Å². The molecule has 1 aliphatic carbocycles. The Hall–Kier alpha value is -3.34. The number of ether oxygens (including phenoxy) is 1. The molecule has 0 radical (unpaired) electrons. The van der Waals surface area contributed by atoms with Gasteiger partial charge in [0.25, 0.3) is 5.91 Å². The molecule has 0 saturated heterocycles. The maximum absolute atomic E-state index is 13.6. The van der Waals surface area contributed by atoms with Crippen LogP contribution in [0.2, 0.25) is 10.0 Å². The van der Waals surface area contributed by atoms with E-state index >= 15 is 0 Å². The first-order valence-electron chi connectivity index (χ1n) is 12.4. The van der Waals surface area contributed by atoms with Crippen molar-refractivity contribution in [2.75, 3.05) is 7.11 Å². The number of carbonyl (C=O) groups is 1. The molecule has 1 heterocycles. The summed E-state index contributed by atoms with van der Waals surface area (Å²) >= 11 is 12.3. The zero-order chi connectivity index (χ0) is 25.9. The summed E-state index contributed by atoms with van der Waals surface area (Å²) in [5.41, 5.74) is 5.17. The fraction of sp³-hybridized carbons (Fsp3) is 0.226. The number of halogens is 2. The lowest BCUT2D eigenvalue weighted by atomic mass is 9.73. The van der Waals surface area contributed by atoms with Crippen molar-refractivity contribution in [3.63, 3.8) is 0 Å². The summed E-state index contributed by atoms with van der Waals surface area (Å²) in [5.74, 6) is 1.18. The first-order chi connectivity index (χ1) is 17.9. The van der Waals surface area contributed by atoms with Crippen LogP contribution in [-0.2, 0) is 4.79 Å². The van der Waals surface area contributed by atoms with Crippen LogP contribution in [0.25, 0.3) is 12.2 Å². The van der Waals surface area contributed by atoms with Gasteiger partial charge in [-0.15, -0.1) is 0 Å². The topological polar surface area (TPSA) is 41.9 Å². The molecule has 188 valence electrons. The minimum atomic E-state index is -0.198. The summed E-state index contributed by atoms with van der Waals surface area (Å²) < 4.78 is 5.23. The van der Waals surface area contributed by atoms with E-state index in [1.165, 1.54) is 5.57 Å². The van der Waals surface area contributed by atoms with Gasteiger partial charge in [-0.25, -0.2) is 5.01 Å². The molecule has 6 heteroatoms. The second-order valence-corrected chi connectivity index (χ2v) is 10.5. The summed E-state index contributed by atoms with van der Waals surface area (Å²) in [4.78, 5) is 13.6. The molecule has 4 nitrogen and oxygen atoms in total. The molecule has 5 rings (SSSR count). The molecule has 3 aromatic rings. The maximum Gasteiger partial charge on any atom is 0.267 e. The molecule has 1 aliphatic heterocycles. The third-order valence-electron chi connectivity index (χ3n) is 6.95. The Balaban J connectivity index is 1.51. The molecular weight excluding hydrogens is 503 g/mol. The van der Waals surface area contributed by atoms with Gasteiger partial charge in [0.05, 0.1) is 18.9 Å². The number of carbonyl (C=O) groups excluding carboxylic acids is 1. The molecule has 0 N–H and O–H groups in total. The molecule has 0 unspecified atom stereocenters. The number of hydrogen-bond acceptors (Lipinski definition) is 3. The normalized spacial score (nSPS) is 22.3. The Kier molecular flexibility index (Phi) is 7.50. The monoisotopic (exact) mass is 530 g/mol. The van der Waals surface area contributed by atoms with E-state index in [1.54, 1.807) is 18.2 Å². The molecule has 37 heavy (non-hydrogen) atoms. The molecule has 1 saturated carbocycles. The summed E-state index contributed by atoms with van der Waals surface area (Å²) in [6, 6.07) is 23.0. The van der Waals surface area contributed by atoms with Crippen LogP contribution in [0.1, 0.15) is 42.5 Å². The van der Waals surface area contributed by atoms with E-state index in [0.717, 1.165) is 41.0 Å². The Morgan fingerprint density at radius 3 is 2.22 bits per heavy atom. The summed E-state index contributed by atoms with van der Waals surface area (Å²) in [7, 11) is 1.63. The van der Waals surface area contributed by atoms with E-state index < -0.39 is 0 Å². The van der Waals surface area contributed by atoms with Crippen molar-refractivity contribution >= 4 is 47.0 Å². The van der Waals surface area contributed by atoms with Crippen molar-refractivity contribution < 1.29 is 9.53 Å². The van der Waals surface area contributed by atoms with E-state index in [1.807, 2.05) is 78.9 Å². The Morgan fingerprint density at radius 1 is 0.946 bits per heavy atom. The lowest BCUT2D eigenvalue weighted by Crippen LogP contribution is -2.32. The number of methoxy groups -OCH3 is 1. The van der Waals surface area contributed by atoms with Gasteiger partial charge in [-0.3, -0.25) is 4.79 Å². The van der Waals surface area contributed by atoms with Crippen molar-refractivity contribution in [3.05, 3.63) is 111 Å². The van der Waals surface area contributed by atoms with Gasteiger partial charge in [0.15, 0.2) is 0 Å². The van der Waals surface area contributed by atoms with Crippen LogP contribution in [0.5, 0.6) is 5.75 Å². The van der Waals surface area contributed by atoms with Crippen molar-refractivity contribution in [3.8, 4) is 5.75 Å². The number of allylic oxidation sites excluding steroid dienone is 1. The van der Waals surface area contributed by atoms with Gasteiger partial charge < -0.3 is 4.74 Å². The van der Waals surface area contributed by atoms with Crippen molar-refractivity contribution in [2.24, 2.45) is 16.9 Å². The molecule has 1 amide bonds. The molecular formula is C31H28Cl2N2O2. The van der Waals surface area contributed by atoms with E-state index in [9.17, 15) is 4.79 Å². The van der Waals surface area contributed by atoms with Crippen molar-refractivity contribution in [2.45, 2.75) is 25.8 Å². The number of fused-ring (bicyclic) bond motifs is 1. The molecule has 2 aliphatic rings. The highest BCUT2D eigenvalue weighted by Crippen LogP contribution is 2.46. The average molecular weight is 531 g/mol. The number of amides is 1. The number of hydrazone groups is 1. The molecule has 0 aromatic heterocycles. The lowest BCUT2D eigenvalue weighted by Gasteiger charge is -2.32. The quantitative estimate of drug-likeness (QED) is 0.312. The van der Waals surface area contributed by atoms with Crippen molar-refractivity contribution in [1.82, 2.24) is 5.01 Å². The molecule has 0 spiro atoms. The van der Waals surface area contributed by atoms with Gasteiger partial charge >= 0.3 is 0 Å². The average Bonchev–Trinajstić information content (AvgIpc) is 3.29. The van der Waals surface area contributed by atoms with Gasteiger partial charge in [0.1, 0.15) is 5.75 Å². The largest absolute Gasteiger partial charge is 0.497 e. The van der Waals surface area contributed by atoms with Crippen LogP contribution in [0.4, 0.5) is 0 Å². The summed E-state index contributed by atoms with van der Waals surface area (Å²) in [6.07, 6.45) is 7.46. The van der Waals surface area contributed by atoms with Crippen LogP contribution in [0, 0.1) is 11.8 Å². The first kappa shape index (κ1) is 25.3. The van der Waals surface area contributed by atoms with Gasteiger partial charge in [0, 0.05) is 22.0 Å². The fourth-order valence-corrected chi connectivity index (χ4v) is 5.44. The highest BCUT2D eigenvalue weighted by Gasteiger charge is 2.44. The standard InChI is InChI=1S/C31H28Cl2N2O2/c1-20-17-24(19-22-3-10-25(32)11-4-22)30-28(18-20)31(23-8-12-26(33)13-9-23)35(34-30)29(36)16-7-21-5-14-27(37-2)15-6-21/h3-16,19-20,28,31H,17-18H2,1-2H3/b16-7+,24-19+/t20-,28-,31+/m0/s1. The molecule has 1 fully saturated rings. The highest BCUT2D eigenvalue weighted by atomic mass is 35.5. The molecule has 0 bridgehead atoms. The Morgan fingerprint density at radius 2 is 1.57 bits per heavy atom. The SMILES string of the molecule is COc1ccc(/C=C/C(=O)N2N=C3/C(=C/c4ccc(Cl)cc4)C[C@H](C)C[C@@H]3[C@H]2c2ccc(Cl)cc2)cc1. The van der Waals surface area contributed by atoms with Gasteiger partial charge in [-0.1, -0.05) is 66.5 Å². The van der Waals surface area contributed by atoms with Gasteiger partial charge in [0.2, 0.25) is 0 Å². The number of hydrogen-bond donors (Lipinski definition) is 0. The predicted octanol–water partition coefficient (Wildman–Crippen LogP) is 8.08. The van der Waals surface area contributed by atoms with Crippen LogP contribution < -0.4 is 4.74 Å². The smallest absolute Gasteiger partial charge is 0.267 e. The fourth-order valence-electron chi connectivity index (χ4n) is 5.18. The maximum atomic E-state index is 13.6. The van der Waals surface area contributed by atoms with E-state index in [-0.39, 0.29) is 17.9 Å². The summed E-state index contributed by atoms with van der Waals surface area (Å²) in [6.45, 7) is 2.26. The molecule has 3 atom stereocenters. The van der Waals surface area contributed by atoms with Crippen LogP contribution in [0.15, 0.2) is 89.5 Å². The second kappa shape index (κ2) is 11.0. The summed E-state index contributed by atoms with van der Waals surface area (Å²) in [5, 5.41) is 7.99. The zero-order valence-corrected chi connectivity index (χ0v) is 22.3. The molecule has 3 aromatic carbocycles. The highest BCUT2D eigenvalue weighted by molar-refractivity contribution is 6.30. The minimum absolute atomic E-state index is 0.0989. The van der Waals surface area contributed by atoms with E-state index in [0.29, 0.717) is 16.0 Å². The zero-order valence-electron chi connectivity index (χ0n) is 20.8.